The van der Waals surface area contributed by atoms with E-state index in [4.69, 9.17) is 23.2 Å². The molecule has 3 aromatic rings. The van der Waals surface area contributed by atoms with Crippen molar-refractivity contribution in [2.75, 3.05) is 5.32 Å². The number of aromatic hydroxyl groups is 1. The van der Waals surface area contributed by atoms with Crippen LogP contribution in [0.15, 0.2) is 36.5 Å². The number of carbonyl (C=O) groups excluding carboxylic acids is 1. The minimum Gasteiger partial charge on any atom is -0.505 e. The largest absolute Gasteiger partial charge is 0.505 e. The third-order valence-corrected chi connectivity index (χ3v) is 7.83. The molecule has 2 bridgehead atoms. The highest BCUT2D eigenvalue weighted by Gasteiger charge is 2.36. The molecule has 0 radical (unpaired) electrons. The van der Waals surface area contributed by atoms with E-state index >= 15 is 0 Å². The standard InChI is InChI=1S/C26H25Cl2N3O2/c27-21-8-15(9-22(28)26(21)33)14-3-6-23-19(7-14)24(20(12-29-23)25(32)13-1-2-13)31-18-10-16-4-5-17(11-18)30-16/h3,6-9,12-13,16-18,30,33H,1-2,4-5,10-11H2,(H,29,31)/t16-,17+,18-. The summed E-state index contributed by atoms with van der Waals surface area (Å²) in [6, 6.07) is 10.8. The van der Waals surface area contributed by atoms with Crippen molar-refractivity contribution in [2.24, 2.45) is 5.92 Å². The van der Waals surface area contributed by atoms with Crippen molar-refractivity contribution in [3.8, 4) is 16.9 Å². The minimum absolute atomic E-state index is 0.117. The fraction of sp³-hybridized carbons (Fsp3) is 0.385. The molecule has 170 valence electrons. The first-order valence-corrected chi connectivity index (χ1v) is 12.4. The highest BCUT2D eigenvalue weighted by molar-refractivity contribution is 6.37. The molecule has 33 heavy (non-hydrogen) atoms. The van der Waals surface area contributed by atoms with E-state index in [0.717, 1.165) is 53.4 Å². The van der Waals surface area contributed by atoms with Crippen molar-refractivity contribution in [3.63, 3.8) is 0 Å². The molecule has 2 saturated heterocycles. The summed E-state index contributed by atoms with van der Waals surface area (Å²) in [5.41, 5.74) is 4.12. The summed E-state index contributed by atoms with van der Waals surface area (Å²) in [5.74, 6) is 0.182. The normalized spacial score (nSPS) is 24.2. The van der Waals surface area contributed by atoms with Gasteiger partial charge in [-0.15, -0.1) is 0 Å². The average molecular weight is 482 g/mol. The molecule has 3 heterocycles. The highest BCUT2D eigenvalue weighted by Crippen LogP contribution is 2.41. The SMILES string of the molecule is O=C(c1cnc2ccc(-c3cc(Cl)c(O)c(Cl)c3)cc2c1N[C@@H]1C[C@H]2CC[C@@H](C1)N2)C1CC1. The van der Waals surface area contributed by atoms with Gasteiger partial charge < -0.3 is 15.7 Å². The van der Waals surface area contributed by atoms with Gasteiger partial charge in [-0.25, -0.2) is 0 Å². The lowest BCUT2D eigenvalue weighted by Crippen LogP contribution is -2.43. The fourth-order valence-electron chi connectivity index (χ4n) is 5.39. The maximum atomic E-state index is 13.2. The predicted octanol–water partition coefficient (Wildman–Crippen LogP) is 6.20. The van der Waals surface area contributed by atoms with Crippen molar-refractivity contribution >= 4 is 45.6 Å². The Labute approximate surface area is 202 Å². The molecule has 2 aliphatic heterocycles. The molecule has 2 aromatic carbocycles. The van der Waals surface area contributed by atoms with Gasteiger partial charge >= 0.3 is 0 Å². The number of fused-ring (bicyclic) bond motifs is 3. The molecule has 7 heteroatoms. The number of pyridine rings is 1. The van der Waals surface area contributed by atoms with Crippen LogP contribution in [0.25, 0.3) is 22.0 Å². The van der Waals surface area contributed by atoms with E-state index in [9.17, 15) is 9.90 Å². The summed E-state index contributed by atoms with van der Waals surface area (Å²) in [5, 5.41) is 18.7. The lowest BCUT2D eigenvalue weighted by molar-refractivity contribution is 0.0968. The molecule has 1 aliphatic carbocycles. The van der Waals surface area contributed by atoms with Crippen LogP contribution >= 0.6 is 23.2 Å². The zero-order valence-electron chi connectivity index (χ0n) is 18.1. The zero-order valence-corrected chi connectivity index (χ0v) is 19.6. The zero-order chi connectivity index (χ0) is 22.7. The number of hydrogen-bond donors (Lipinski definition) is 3. The smallest absolute Gasteiger partial charge is 0.169 e. The summed E-state index contributed by atoms with van der Waals surface area (Å²) < 4.78 is 0. The fourth-order valence-corrected chi connectivity index (χ4v) is 5.88. The Morgan fingerprint density at radius 2 is 1.70 bits per heavy atom. The Balaban J connectivity index is 1.46. The van der Waals surface area contributed by atoms with Crippen LogP contribution in [0.2, 0.25) is 10.0 Å². The van der Waals surface area contributed by atoms with E-state index < -0.39 is 0 Å². The summed E-state index contributed by atoms with van der Waals surface area (Å²) >= 11 is 12.4. The second-order valence-corrected chi connectivity index (χ2v) is 10.5. The Morgan fingerprint density at radius 3 is 2.36 bits per heavy atom. The molecule has 3 fully saturated rings. The predicted molar refractivity (Wildman–Crippen MR) is 133 cm³/mol. The van der Waals surface area contributed by atoms with E-state index in [1.165, 1.54) is 12.8 Å². The first kappa shape index (κ1) is 21.2. The van der Waals surface area contributed by atoms with Gasteiger partial charge in [-0.2, -0.15) is 0 Å². The first-order valence-electron chi connectivity index (χ1n) is 11.6. The van der Waals surface area contributed by atoms with Crippen molar-refractivity contribution in [2.45, 2.75) is 56.7 Å². The van der Waals surface area contributed by atoms with Crippen LogP contribution in [0.5, 0.6) is 5.75 Å². The molecule has 0 amide bonds. The van der Waals surface area contributed by atoms with Crippen molar-refractivity contribution in [1.82, 2.24) is 10.3 Å². The molecule has 1 aromatic heterocycles. The number of aromatic nitrogens is 1. The van der Waals surface area contributed by atoms with E-state index in [1.54, 1.807) is 18.3 Å². The first-order chi connectivity index (χ1) is 16.0. The molecule has 0 spiro atoms. The van der Waals surface area contributed by atoms with Gasteiger partial charge in [0.05, 0.1) is 26.8 Å². The van der Waals surface area contributed by atoms with Crippen LogP contribution in [0.1, 0.15) is 48.9 Å². The van der Waals surface area contributed by atoms with Gasteiger partial charge in [-0.05, 0) is 73.9 Å². The van der Waals surface area contributed by atoms with Crippen molar-refractivity contribution < 1.29 is 9.90 Å². The van der Waals surface area contributed by atoms with Crippen LogP contribution < -0.4 is 10.6 Å². The number of piperidine rings is 1. The second-order valence-electron chi connectivity index (χ2n) is 9.66. The lowest BCUT2D eigenvalue weighted by atomic mass is 9.96. The maximum Gasteiger partial charge on any atom is 0.169 e. The summed E-state index contributed by atoms with van der Waals surface area (Å²) in [7, 11) is 0. The molecule has 5 nitrogen and oxygen atoms in total. The molecule has 0 unspecified atom stereocenters. The number of benzene rings is 2. The molecule has 3 N–H and O–H groups in total. The maximum absolute atomic E-state index is 13.2. The van der Waals surface area contributed by atoms with Gasteiger partial charge in [-0.1, -0.05) is 29.3 Å². The van der Waals surface area contributed by atoms with Crippen molar-refractivity contribution in [1.29, 1.82) is 0 Å². The molecular weight excluding hydrogens is 457 g/mol. The number of ketones is 1. The highest BCUT2D eigenvalue weighted by atomic mass is 35.5. The van der Waals surface area contributed by atoms with Gasteiger partial charge in [0.25, 0.3) is 0 Å². The Hall–Kier alpha value is -2.34. The number of Topliss-reactive ketones (excluding diaryl/α,β-unsaturated/α-hetero) is 1. The van der Waals surface area contributed by atoms with E-state index in [2.05, 4.69) is 15.6 Å². The van der Waals surface area contributed by atoms with E-state index in [1.807, 2.05) is 18.2 Å². The van der Waals surface area contributed by atoms with Crippen LogP contribution in [-0.4, -0.2) is 34.0 Å². The van der Waals surface area contributed by atoms with Crippen LogP contribution in [-0.2, 0) is 0 Å². The lowest BCUT2D eigenvalue weighted by Gasteiger charge is -2.31. The number of phenols is 1. The average Bonchev–Trinajstić information content (AvgIpc) is 3.61. The number of carbonyl (C=O) groups is 1. The van der Waals surface area contributed by atoms with Gasteiger partial charge in [-0.3, -0.25) is 9.78 Å². The van der Waals surface area contributed by atoms with Crippen LogP contribution in [0.3, 0.4) is 0 Å². The third-order valence-electron chi connectivity index (χ3n) is 7.25. The van der Waals surface area contributed by atoms with Crippen molar-refractivity contribution in [3.05, 3.63) is 52.1 Å². The topological polar surface area (TPSA) is 74.2 Å². The number of halogens is 2. The monoisotopic (exact) mass is 481 g/mol. The third kappa shape index (κ3) is 3.96. The van der Waals surface area contributed by atoms with Gasteiger partial charge in [0.1, 0.15) is 0 Å². The number of nitrogens with zero attached hydrogens (tertiary/aromatic N) is 1. The molecule has 3 atom stereocenters. The van der Waals surface area contributed by atoms with Crippen LogP contribution in [0, 0.1) is 5.92 Å². The number of hydrogen-bond acceptors (Lipinski definition) is 5. The summed E-state index contributed by atoms with van der Waals surface area (Å²) in [4.78, 5) is 17.8. The van der Waals surface area contributed by atoms with Gasteiger partial charge in [0.2, 0.25) is 0 Å². The summed E-state index contributed by atoms with van der Waals surface area (Å²) in [6.45, 7) is 0. The molecular formula is C26H25Cl2N3O2. The quantitative estimate of drug-likeness (QED) is 0.378. The van der Waals surface area contributed by atoms with E-state index in [0.29, 0.717) is 23.7 Å². The molecule has 3 aliphatic rings. The van der Waals surface area contributed by atoms with Gasteiger partial charge in [0, 0.05) is 35.6 Å². The summed E-state index contributed by atoms with van der Waals surface area (Å²) in [6.07, 6.45) is 8.22. The van der Waals surface area contributed by atoms with Gasteiger partial charge in [0.15, 0.2) is 11.5 Å². The Bertz CT molecular complexity index is 1240. The number of anilines is 1. The van der Waals surface area contributed by atoms with E-state index in [-0.39, 0.29) is 27.5 Å². The second kappa shape index (κ2) is 8.15. The van der Waals surface area contributed by atoms with Crippen LogP contribution in [0.4, 0.5) is 5.69 Å². The Kier molecular flexibility index (Phi) is 5.24. The molecule has 1 saturated carbocycles. The number of nitrogens with one attached hydrogen (secondary N) is 2. The number of phenolic OH excluding ortho intramolecular Hbond substituents is 1. The number of rotatable bonds is 5. The molecule has 6 rings (SSSR count). The minimum atomic E-state index is -0.121. The Morgan fingerprint density at radius 1 is 1.00 bits per heavy atom.